The Labute approximate surface area is 153 Å². The van der Waals surface area contributed by atoms with Gasteiger partial charge in [0.15, 0.2) is 5.78 Å². The van der Waals surface area contributed by atoms with Crippen molar-refractivity contribution in [3.63, 3.8) is 0 Å². The number of anilines is 1. The number of amides is 1. The number of nitro benzene ring substituents is 2. The molecule has 0 bridgehead atoms. The smallest absolute Gasteiger partial charge is 0.277 e. The number of hydrogen-bond acceptors (Lipinski definition) is 7. The van der Waals surface area contributed by atoms with E-state index in [-0.39, 0.29) is 17.9 Å². The van der Waals surface area contributed by atoms with E-state index >= 15 is 0 Å². The Morgan fingerprint density at radius 2 is 1.44 bits per heavy atom. The fourth-order valence-corrected chi connectivity index (χ4v) is 2.26. The zero-order valence-electron chi connectivity index (χ0n) is 14.5. The number of ketones is 1. The van der Waals surface area contributed by atoms with Gasteiger partial charge in [0, 0.05) is 23.4 Å². The van der Waals surface area contributed by atoms with Gasteiger partial charge in [-0.3, -0.25) is 29.8 Å². The first-order valence-electron chi connectivity index (χ1n) is 7.70. The molecule has 27 heavy (non-hydrogen) atoms. The van der Waals surface area contributed by atoms with Gasteiger partial charge < -0.3 is 10.2 Å². The second-order valence-electron chi connectivity index (χ2n) is 5.94. The molecule has 0 fully saturated rings. The number of Topliss-reactive ketones (excluding diaryl/α,β-unsaturated/α-hetero) is 1. The second-order valence-corrected chi connectivity index (χ2v) is 5.94. The second kappa shape index (κ2) is 8.15. The lowest BCUT2D eigenvalue weighted by atomic mass is 10.1. The Kier molecular flexibility index (Phi) is 5.93. The Morgan fingerprint density at radius 3 is 1.89 bits per heavy atom. The highest BCUT2D eigenvalue weighted by Crippen LogP contribution is 2.23. The molecule has 0 aliphatic heterocycles. The number of hydrogen-bond donors (Lipinski definition) is 1. The van der Waals surface area contributed by atoms with Crippen molar-refractivity contribution < 1.29 is 19.4 Å². The van der Waals surface area contributed by atoms with Gasteiger partial charge in [-0.25, -0.2) is 0 Å². The van der Waals surface area contributed by atoms with Crippen molar-refractivity contribution in [2.45, 2.75) is 0 Å². The minimum atomic E-state index is -0.811. The predicted molar refractivity (Wildman–Crippen MR) is 97.0 cm³/mol. The molecule has 0 aliphatic carbocycles. The summed E-state index contributed by atoms with van der Waals surface area (Å²) < 4.78 is 0. The van der Waals surface area contributed by atoms with E-state index in [0.29, 0.717) is 11.3 Å². The summed E-state index contributed by atoms with van der Waals surface area (Å²) in [5, 5.41) is 24.3. The van der Waals surface area contributed by atoms with Crippen LogP contribution in [0.15, 0.2) is 42.5 Å². The van der Waals surface area contributed by atoms with Crippen LogP contribution in [0.4, 0.5) is 17.1 Å². The Balaban J connectivity index is 2.21. The van der Waals surface area contributed by atoms with Gasteiger partial charge in [0.2, 0.25) is 0 Å². The van der Waals surface area contributed by atoms with E-state index in [0.717, 1.165) is 18.2 Å². The predicted octanol–water partition coefficient (Wildman–Crippen LogP) is 2.50. The number of likely N-dealkylation sites (N-methyl/N-ethyl adjacent to an activating group) is 1. The quantitative estimate of drug-likeness (QED) is 0.448. The van der Waals surface area contributed by atoms with Crippen LogP contribution >= 0.6 is 0 Å². The van der Waals surface area contributed by atoms with Gasteiger partial charge in [-0.2, -0.15) is 0 Å². The molecule has 10 nitrogen and oxygen atoms in total. The molecule has 0 unspecified atom stereocenters. The molecule has 140 valence electrons. The first-order chi connectivity index (χ1) is 12.7. The van der Waals surface area contributed by atoms with Crippen LogP contribution in [0.1, 0.15) is 20.7 Å². The number of nitrogens with one attached hydrogen (secondary N) is 1. The van der Waals surface area contributed by atoms with Gasteiger partial charge in [-0.05, 0) is 38.4 Å². The van der Waals surface area contributed by atoms with Crippen molar-refractivity contribution >= 4 is 28.8 Å². The third-order valence-corrected chi connectivity index (χ3v) is 3.51. The van der Waals surface area contributed by atoms with Crippen molar-refractivity contribution in [3.8, 4) is 0 Å². The maximum atomic E-state index is 12.3. The van der Waals surface area contributed by atoms with Gasteiger partial charge in [-0.15, -0.1) is 0 Å². The zero-order chi connectivity index (χ0) is 20.1. The highest BCUT2D eigenvalue weighted by molar-refractivity contribution is 6.05. The van der Waals surface area contributed by atoms with Gasteiger partial charge in [0.1, 0.15) is 0 Å². The number of nitrogens with zero attached hydrogens (tertiary/aromatic N) is 3. The van der Waals surface area contributed by atoms with Gasteiger partial charge in [-0.1, -0.05) is 0 Å². The first-order valence-corrected chi connectivity index (χ1v) is 7.70. The van der Waals surface area contributed by atoms with E-state index in [1.807, 2.05) is 0 Å². The van der Waals surface area contributed by atoms with Crippen molar-refractivity contribution in [1.82, 2.24) is 4.90 Å². The number of nitro groups is 2. The third-order valence-electron chi connectivity index (χ3n) is 3.51. The molecule has 2 rings (SSSR count). The monoisotopic (exact) mass is 372 g/mol. The fraction of sp³-hybridized carbons (Fsp3) is 0.176. The Morgan fingerprint density at radius 1 is 0.926 bits per heavy atom. The zero-order valence-corrected chi connectivity index (χ0v) is 14.5. The summed E-state index contributed by atoms with van der Waals surface area (Å²) in [6, 6.07) is 8.78. The molecule has 2 aromatic carbocycles. The summed E-state index contributed by atoms with van der Waals surface area (Å²) in [5.74, 6) is -0.832. The van der Waals surface area contributed by atoms with Crippen LogP contribution in [0.3, 0.4) is 0 Å². The molecule has 0 aromatic heterocycles. The molecule has 0 radical (unpaired) electrons. The van der Waals surface area contributed by atoms with Gasteiger partial charge in [0.05, 0.1) is 28.0 Å². The number of carbonyl (C=O) groups is 2. The molecule has 10 heteroatoms. The van der Waals surface area contributed by atoms with Crippen molar-refractivity contribution in [2.75, 3.05) is 26.0 Å². The van der Waals surface area contributed by atoms with E-state index < -0.39 is 27.1 Å². The molecule has 0 heterocycles. The molecule has 1 N–H and O–H groups in total. The van der Waals surface area contributed by atoms with E-state index in [1.54, 1.807) is 19.0 Å². The maximum Gasteiger partial charge on any atom is 0.277 e. The van der Waals surface area contributed by atoms with E-state index in [9.17, 15) is 29.8 Å². The largest absolute Gasteiger partial charge is 0.322 e. The van der Waals surface area contributed by atoms with E-state index in [4.69, 9.17) is 0 Å². The molecule has 0 atom stereocenters. The summed E-state index contributed by atoms with van der Waals surface area (Å²) in [4.78, 5) is 46.2. The third kappa shape index (κ3) is 5.16. The van der Waals surface area contributed by atoms with Crippen LogP contribution in [0.5, 0.6) is 0 Å². The lowest BCUT2D eigenvalue weighted by Crippen LogP contribution is -2.21. The average Bonchev–Trinajstić information content (AvgIpc) is 2.61. The summed E-state index contributed by atoms with van der Waals surface area (Å²) in [6.07, 6.45) is 0. The van der Waals surface area contributed by atoms with Crippen LogP contribution in [-0.4, -0.2) is 47.1 Å². The Bertz CT molecular complexity index is 876. The van der Waals surface area contributed by atoms with E-state index in [1.165, 1.54) is 24.3 Å². The minimum Gasteiger partial charge on any atom is -0.322 e. The molecular weight excluding hydrogens is 356 g/mol. The van der Waals surface area contributed by atoms with Crippen molar-refractivity contribution in [3.05, 3.63) is 73.8 Å². The summed E-state index contributed by atoms with van der Waals surface area (Å²) >= 11 is 0. The topological polar surface area (TPSA) is 136 Å². The maximum absolute atomic E-state index is 12.3. The molecule has 0 aliphatic rings. The van der Waals surface area contributed by atoms with Crippen LogP contribution in [-0.2, 0) is 0 Å². The van der Waals surface area contributed by atoms with Crippen LogP contribution < -0.4 is 5.32 Å². The molecule has 2 aromatic rings. The number of benzene rings is 2. The summed E-state index contributed by atoms with van der Waals surface area (Å²) in [6.45, 7) is 0.239. The number of rotatable bonds is 7. The van der Waals surface area contributed by atoms with Gasteiger partial charge in [0.25, 0.3) is 17.3 Å². The highest BCUT2D eigenvalue weighted by Gasteiger charge is 2.20. The normalized spacial score (nSPS) is 10.5. The average molecular weight is 372 g/mol. The van der Waals surface area contributed by atoms with E-state index in [2.05, 4.69) is 5.32 Å². The standard InChI is InChI=1S/C17H16N4O6/c1-19(2)10-16(22)11-3-5-13(6-4-11)18-17(23)12-7-14(20(24)25)9-15(8-12)21(26)27/h3-9H,10H2,1-2H3,(H,18,23). The molecular formula is C17H16N4O6. The highest BCUT2D eigenvalue weighted by atomic mass is 16.6. The van der Waals surface area contributed by atoms with Crippen molar-refractivity contribution in [2.24, 2.45) is 0 Å². The van der Waals surface area contributed by atoms with Gasteiger partial charge >= 0.3 is 0 Å². The first kappa shape index (κ1) is 19.7. The molecule has 0 spiro atoms. The summed E-state index contributed by atoms with van der Waals surface area (Å²) in [5.41, 5.74) is -0.523. The van der Waals surface area contributed by atoms with Crippen molar-refractivity contribution in [1.29, 1.82) is 0 Å². The lowest BCUT2D eigenvalue weighted by Gasteiger charge is -2.09. The molecule has 1 amide bonds. The molecule has 0 saturated heterocycles. The lowest BCUT2D eigenvalue weighted by molar-refractivity contribution is -0.394. The van der Waals surface area contributed by atoms with Crippen LogP contribution in [0.2, 0.25) is 0 Å². The number of carbonyl (C=O) groups excluding carboxylic acids is 2. The number of non-ortho nitro benzene ring substituents is 2. The summed E-state index contributed by atoms with van der Waals surface area (Å²) in [7, 11) is 3.54. The SMILES string of the molecule is CN(C)CC(=O)c1ccc(NC(=O)c2cc([N+](=O)[O-])cc([N+](=O)[O-])c2)cc1. The Hall–Kier alpha value is -3.66. The minimum absolute atomic E-state index is 0.0906. The fourth-order valence-electron chi connectivity index (χ4n) is 2.26. The van der Waals surface area contributed by atoms with Crippen LogP contribution in [0, 0.1) is 20.2 Å². The molecule has 0 saturated carbocycles. The van der Waals surface area contributed by atoms with Crippen LogP contribution in [0.25, 0.3) is 0 Å².